The molecule has 8 aromatic rings. The standard InChI is InChI=1S/C37H22ClN3S/c38-37-40-35(24-9-2-1-3-10-24)39-36(41-37)32-15-7-14-31-30-19-18-29(22-33(30)42-34(31)32)27-13-6-12-26(21-27)28-17-16-23-8-4-5-11-25(23)20-28/h1-22H. The van der Waals surface area contributed by atoms with Crippen molar-refractivity contribution in [2.24, 2.45) is 0 Å². The summed E-state index contributed by atoms with van der Waals surface area (Å²) >= 11 is 8.15. The highest BCUT2D eigenvalue weighted by Crippen LogP contribution is 2.41. The lowest BCUT2D eigenvalue weighted by atomic mass is 9.97. The molecule has 2 aromatic heterocycles. The maximum absolute atomic E-state index is 6.40. The highest BCUT2D eigenvalue weighted by molar-refractivity contribution is 7.26. The Morgan fingerprint density at radius 1 is 0.452 bits per heavy atom. The predicted octanol–water partition coefficient (Wildman–Crippen LogP) is 10.7. The number of nitrogens with zero attached hydrogens (tertiary/aromatic N) is 3. The molecule has 0 radical (unpaired) electrons. The molecule has 0 aliphatic heterocycles. The van der Waals surface area contributed by atoms with Crippen LogP contribution in [0.2, 0.25) is 5.28 Å². The maximum Gasteiger partial charge on any atom is 0.226 e. The molecular formula is C37H22ClN3S. The van der Waals surface area contributed by atoms with Crippen molar-refractivity contribution in [2.45, 2.75) is 0 Å². The molecule has 0 saturated heterocycles. The molecule has 0 spiro atoms. The Labute approximate surface area is 251 Å². The molecule has 198 valence electrons. The topological polar surface area (TPSA) is 38.7 Å². The van der Waals surface area contributed by atoms with Gasteiger partial charge in [-0.25, -0.2) is 4.98 Å². The minimum absolute atomic E-state index is 0.186. The van der Waals surface area contributed by atoms with E-state index in [0.717, 1.165) is 15.8 Å². The quantitative estimate of drug-likeness (QED) is 0.209. The molecule has 5 heteroatoms. The molecule has 0 bridgehead atoms. The van der Waals surface area contributed by atoms with Crippen LogP contribution in [0.3, 0.4) is 0 Å². The smallest absolute Gasteiger partial charge is 0.208 e. The summed E-state index contributed by atoms with van der Waals surface area (Å²) in [7, 11) is 0. The third-order valence-corrected chi connectivity index (χ3v) is 9.03. The Kier molecular flexibility index (Phi) is 6.03. The predicted molar refractivity (Wildman–Crippen MR) is 177 cm³/mol. The lowest BCUT2D eigenvalue weighted by Crippen LogP contribution is -1.97. The molecule has 42 heavy (non-hydrogen) atoms. The first-order valence-corrected chi connectivity index (χ1v) is 14.9. The van der Waals surface area contributed by atoms with Crippen molar-refractivity contribution in [2.75, 3.05) is 0 Å². The van der Waals surface area contributed by atoms with Gasteiger partial charge in [-0.1, -0.05) is 109 Å². The van der Waals surface area contributed by atoms with Crippen molar-refractivity contribution in [3.63, 3.8) is 0 Å². The first kappa shape index (κ1) is 24.9. The number of rotatable bonds is 4. The summed E-state index contributed by atoms with van der Waals surface area (Å²) in [5, 5.41) is 5.09. The molecule has 0 N–H and O–H groups in total. The lowest BCUT2D eigenvalue weighted by Gasteiger charge is -2.08. The largest absolute Gasteiger partial charge is 0.226 e. The van der Waals surface area contributed by atoms with E-state index in [1.54, 1.807) is 11.3 Å². The van der Waals surface area contributed by atoms with E-state index in [1.807, 2.05) is 30.3 Å². The molecule has 0 aliphatic rings. The lowest BCUT2D eigenvalue weighted by molar-refractivity contribution is 1.07. The zero-order chi connectivity index (χ0) is 28.0. The van der Waals surface area contributed by atoms with Crippen molar-refractivity contribution in [3.8, 4) is 45.0 Å². The Bertz CT molecular complexity index is 2270. The van der Waals surface area contributed by atoms with Crippen LogP contribution in [-0.4, -0.2) is 15.0 Å². The summed E-state index contributed by atoms with van der Waals surface area (Å²) in [6.07, 6.45) is 0. The van der Waals surface area contributed by atoms with Crippen molar-refractivity contribution >= 4 is 53.9 Å². The summed E-state index contributed by atoms with van der Waals surface area (Å²) in [6.45, 7) is 0. The van der Waals surface area contributed by atoms with Gasteiger partial charge in [0.05, 0.1) is 0 Å². The van der Waals surface area contributed by atoms with Gasteiger partial charge >= 0.3 is 0 Å². The van der Waals surface area contributed by atoms with E-state index in [9.17, 15) is 0 Å². The van der Waals surface area contributed by atoms with Crippen LogP contribution in [0.5, 0.6) is 0 Å². The zero-order valence-corrected chi connectivity index (χ0v) is 23.9. The Balaban J connectivity index is 1.21. The van der Waals surface area contributed by atoms with Gasteiger partial charge in [0.25, 0.3) is 0 Å². The van der Waals surface area contributed by atoms with E-state index in [1.165, 1.54) is 48.5 Å². The fourth-order valence-electron chi connectivity index (χ4n) is 5.59. The second-order valence-electron chi connectivity index (χ2n) is 10.3. The van der Waals surface area contributed by atoms with E-state index in [4.69, 9.17) is 16.6 Å². The van der Waals surface area contributed by atoms with Gasteiger partial charge in [0.1, 0.15) is 0 Å². The molecule has 0 saturated carbocycles. The molecule has 0 fully saturated rings. The normalized spacial score (nSPS) is 11.5. The van der Waals surface area contributed by atoms with E-state index >= 15 is 0 Å². The van der Waals surface area contributed by atoms with Crippen LogP contribution in [0.1, 0.15) is 0 Å². The minimum atomic E-state index is 0.186. The van der Waals surface area contributed by atoms with Gasteiger partial charge in [-0.05, 0) is 68.9 Å². The molecule has 3 nitrogen and oxygen atoms in total. The third-order valence-electron chi connectivity index (χ3n) is 7.66. The van der Waals surface area contributed by atoms with Crippen LogP contribution in [0, 0.1) is 0 Å². The van der Waals surface area contributed by atoms with Crippen LogP contribution in [-0.2, 0) is 0 Å². The Morgan fingerprint density at radius 2 is 1.12 bits per heavy atom. The van der Waals surface area contributed by atoms with Crippen LogP contribution >= 0.6 is 22.9 Å². The van der Waals surface area contributed by atoms with Crippen molar-refractivity contribution < 1.29 is 0 Å². The number of benzene rings is 6. The number of hydrogen-bond donors (Lipinski definition) is 0. The third kappa shape index (κ3) is 4.42. The molecule has 2 heterocycles. The number of fused-ring (bicyclic) bond motifs is 4. The van der Waals surface area contributed by atoms with E-state index in [0.29, 0.717) is 11.6 Å². The second-order valence-corrected chi connectivity index (χ2v) is 11.6. The van der Waals surface area contributed by atoms with Gasteiger partial charge in [0.2, 0.25) is 5.28 Å². The van der Waals surface area contributed by atoms with Crippen LogP contribution < -0.4 is 0 Å². The van der Waals surface area contributed by atoms with E-state index in [-0.39, 0.29) is 5.28 Å². The Hall–Kier alpha value is -4.90. The summed E-state index contributed by atoms with van der Waals surface area (Å²) in [5.74, 6) is 1.15. The summed E-state index contributed by atoms with van der Waals surface area (Å²) < 4.78 is 2.35. The van der Waals surface area contributed by atoms with Crippen molar-refractivity contribution in [3.05, 3.63) is 139 Å². The fraction of sp³-hybridized carbons (Fsp3) is 0. The first-order valence-electron chi connectivity index (χ1n) is 13.7. The molecule has 6 aromatic carbocycles. The van der Waals surface area contributed by atoms with Crippen molar-refractivity contribution in [1.29, 1.82) is 0 Å². The zero-order valence-electron chi connectivity index (χ0n) is 22.3. The SMILES string of the molecule is Clc1nc(-c2ccccc2)nc(-c2cccc3c2sc2cc(-c4cccc(-c5ccc6ccccc6c5)c4)ccc23)n1. The summed E-state index contributed by atoms with van der Waals surface area (Å²) in [6, 6.07) is 46.8. The minimum Gasteiger partial charge on any atom is -0.208 e. The number of hydrogen-bond acceptors (Lipinski definition) is 4. The Morgan fingerprint density at radius 3 is 1.98 bits per heavy atom. The molecule has 0 aliphatic carbocycles. The number of thiophene rings is 1. The van der Waals surface area contributed by atoms with Gasteiger partial charge in [0, 0.05) is 31.3 Å². The van der Waals surface area contributed by atoms with E-state index in [2.05, 4.69) is 113 Å². The average molecular weight is 576 g/mol. The van der Waals surface area contributed by atoms with Gasteiger partial charge in [0.15, 0.2) is 11.6 Å². The molecule has 0 atom stereocenters. The highest BCUT2D eigenvalue weighted by Gasteiger charge is 2.16. The number of halogens is 1. The van der Waals surface area contributed by atoms with Crippen LogP contribution in [0.15, 0.2) is 133 Å². The summed E-state index contributed by atoms with van der Waals surface area (Å²) in [4.78, 5) is 13.7. The van der Waals surface area contributed by atoms with Crippen LogP contribution in [0.25, 0.3) is 76.0 Å². The van der Waals surface area contributed by atoms with Gasteiger partial charge in [-0.15, -0.1) is 11.3 Å². The highest BCUT2D eigenvalue weighted by atomic mass is 35.5. The average Bonchev–Trinajstić information content (AvgIpc) is 3.43. The number of aromatic nitrogens is 3. The van der Waals surface area contributed by atoms with Gasteiger partial charge < -0.3 is 0 Å². The molecule has 0 amide bonds. The van der Waals surface area contributed by atoms with Gasteiger partial charge in [-0.3, -0.25) is 0 Å². The fourth-order valence-corrected chi connectivity index (χ4v) is 7.00. The van der Waals surface area contributed by atoms with Gasteiger partial charge in [-0.2, -0.15) is 9.97 Å². The van der Waals surface area contributed by atoms with Crippen LogP contribution in [0.4, 0.5) is 0 Å². The molecule has 8 rings (SSSR count). The summed E-state index contributed by atoms with van der Waals surface area (Å²) in [5.41, 5.74) is 6.66. The molecule has 0 unspecified atom stereocenters. The first-order chi connectivity index (χ1) is 20.7. The maximum atomic E-state index is 6.40. The monoisotopic (exact) mass is 575 g/mol. The van der Waals surface area contributed by atoms with Crippen molar-refractivity contribution in [1.82, 2.24) is 15.0 Å². The molecular weight excluding hydrogens is 554 g/mol. The second kappa shape index (κ2) is 10.2. The van der Waals surface area contributed by atoms with E-state index < -0.39 is 0 Å².